The molecule has 0 aliphatic carbocycles. The highest BCUT2D eigenvalue weighted by Crippen LogP contribution is 2.34. The van der Waals surface area contributed by atoms with Crippen molar-refractivity contribution in [3.63, 3.8) is 0 Å². The van der Waals surface area contributed by atoms with E-state index in [1.807, 2.05) is 49.4 Å². The fourth-order valence-electron chi connectivity index (χ4n) is 2.47. The molecule has 6 nitrogen and oxygen atoms in total. The number of ether oxygens (including phenoxy) is 4. The van der Waals surface area contributed by atoms with Crippen molar-refractivity contribution in [2.45, 2.75) is 11.8 Å². The third-order valence-corrected chi connectivity index (χ3v) is 4.71. The Morgan fingerprint density at radius 3 is 2.48 bits per heavy atom. The van der Waals surface area contributed by atoms with Gasteiger partial charge in [0, 0.05) is 4.90 Å². The summed E-state index contributed by atoms with van der Waals surface area (Å²) in [5.41, 5.74) is 0. The van der Waals surface area contributed by atoms with Crippen LogP contribution in [-0.2, 0) is 4.79 Å². The van der Waals surface area contributed by atoms with Crippen LogP contribution in [0.15, 0.2) is 47.4 Å². The normalized spacial score (nSPS) is 12.3. The van der Waals surface area contributed by atoms with Gasteiger partial charge in [-0.25, -0.2) is 0 Å². The van der Waals surface area contributed by atoms with E-state index in [-0.39, 0.29) is 5.91 Å². The number of nitrogens with one attached hydrogen (secondary N) is 1. The van der Waals surface area contributed by atoms with Gasteiger partial charge in [0.25, 0.3) is 0 Å². The molecule has 3 rings (SSSR count). The lowest BCUT2D eigenvalue weighted by Gasteiger charge is -2.18. The molecule has 0 spiro atoms. The molecule has 0 aromatic heterocycles. The van der Waals surface area contributed by atoms with Gasteiger partial charge in [0.05, 0.1) is 18.9 Å². The van der Waals surface area contributed by atoms with Crippen molar-refractivity contribution >= 4 is 17.7 Å². The minimum Gasteiger partial charge on any atom is -0.494 e. The molecule has 1 amide bonds. The molecular weight excluding hydrogens is 366 g/mol. The molecule has 0 radical (unpaired) electrons. The number of rotatable bonds is 9. The summed E-state index contributed by atoms with van der Waals surface area (Å²) in [6, 6.07) is 13.1. The van der Waals surface area contributed by atoms with Crippen molar-refractivity contribution in [2.75, 3.05) is 38.7 Å². The number of thioether (sulfide) groups is 1. The van der Waals surface area contributed by atoms with E-state index in [2.05, 4.69) is 5.32 Å². The zero-order valence-corrected chi connectivity index (χ0v) is 16.1. The summed E-state index contributed by atoms with van der Waals surface area (Å²) >= 11 is 1.46. The molecule has 7 heteroatoms. The predicted molar refractivity (Wildman–Crippen MR) is 104 cm³/mol. The molecule has 0 saturated carbocycles. The number of carbonyl (C=O) groups excluding carboxylic acids is 1. The first-order valence-electron chi connectivity index (χ1n) is 8.89. The summed E-state index contributed by atoms with van der Waals surface area (Å²) in [4.78, 5) is 12.9. The lowest BCUT2D eigenvalue weighted by molar-refractivity contribution is -0.118. The second-order valence-corrected chi connectivity index (χ2v) is 6.75. The molecular formula is C20H23NO5S. The number of hydrogen-bond donors (Lipinski definition) is 1. The number of fused-ring (bicyclic) bond motifs is 1. The fraction of sp³-hybridized carbons (Fsp3) is 0.350. The molecule has 1 aliphatic rings. The number of amides is 1. The molecule has 2 aromatic carbocycles. The van der Waals surface area contributed by atoms with Gasteiger partial charge in [-0.15, -0.1) is 11.8 Å². The van der Waals surface area contributed by atoms with Crippen LogP contribution in [0.5, 0.6) is 23.0 Å². The van der Waals surface area contributed by atoms with E-state index < -0.39 is 0 Å². The van der Waals surface area contributed by atoms with Crippen LogP contribution in [0.4, 0.5) is 0 Å². The smallest absolute Gasteiger partial charge is 0.230 e. The summed E-state index contributed by atoms with van der Waals surface area (Å²) in [5, 5.41) is 2.85. The van der Waals surface area contributed by atoms with E-state index >= 15 is 0 Å². The van der Waals surface area contributed by atoms with Crippen molar-refractivity contribution in [1.82, 2.24) is 5.32 Å². The van der Waals surface area contributed by atoms with Gasteiger partial charge < -0.3 is 24.3 Å². The Morgan fingerprint density at radius 2 is 1.74 bits per heavy atom. The van der Waals surface area contributed by atoms with E-state index in [4.69, 9.17) is 18.9 Å². The molecule has 0 fully saturated rings. The van der Waals surface area contributed by atoms with Crippen LogP contribution in [-0.4, -0.2) is 44.6 Å². The molecule has 144 valence electrons. The van der Waals surface area contributed by atoms with Crippen molar-refractivity contribution in [2.24, 2.45) is 0 Å². The van der Waals surface area contributed by atoms with Crippen molar-refractivity contribution in [1.29, 1.82) is 0 Å². The first-order valence-corrected chi connectivity index (χ1v) is 9.88. The van der Waals surface area contributed by atoms with Gasteiger partial charge in [-0.2, -0.15) is 0 Å². The van der Waals surface area contributed by atoms with Gasteiger partial charge in [-0.05, 0) is 49.4 Å². The van der Waals surface area contributed by atoms with Gasteiger partial charge in [-0.1, -0.05) is 0 Å². The van der Waals surface area contributed by atoms with Crippen LogP contribution in [0.25, 0.3) is 0 Å². The highest BCUT2D eigenvalue weighted by Gasteiger charge is 2.12. The third kappa shape index (κ3) is 5.99. The van der Waals surface area contributed by atoms with E-state index in [9.17, 15) is 4.79 Å². The average Bonchev–Trinajstić information content (AvgIpc) is 2.71. The summed E-state index contributed by atoms with van der Waals surface area (Å²) in [6.45, 7) is 4.56. The Labute approximate surface area is 163 Å². The predicted octanol–water partition coefficient (Wildman–Crippen LogP) is 3.14. The van der Waals surface area contributed by atoms with Crippen molar-refractivity contribution in [3.05, 3.63) is 42.5 Å². The minimum atomic E-state index is -0.0369. The van der Waals surface area contributed by atoms with E-state index in [0.717, 1.165) is 27.9 Å². The number of hydrogen-bond acceptors (Lipinski definition) is 6. The number of carbonyl (C=O) groups is 1. The second kappa shape index (κ2) is 9.97. The maximum absolute atomic E-state index is 12.0. The van der Waals surface area contributed by atoms with E-state index in [1.165, 1.54) is 11.8 Å². The molecule has 0 unspecified atom stereocenters. The Morgan fingerprint density at radius 1 is 1.04 bits per heavy atom. The van der Waals surface area contributed by atoms with Crippen LogP contribution in [0.2, 0.25) is 0 Å². The standard InChI is InChI=1S/C20H23NO5S/c1-2-23-15-3-5-16(6-4-15)24-10-9-21-20(22)14-27-17-7-8-18-19(13-17)26-12-11-25-18/h3-8,13H,2,9-12,14H2,1H3,(H,21,22). The fourth-order valence-corrected chi connectivity index (χ4v) is 3.23. The quantitative estimate of drug-likeness (QED) is 0.525. The SMILES string of the molecule is CCOc1ccc(OCCNC(=O)CSc2ccc3c(c2)OCCO3)cc1. The van der Waals surface area contributed by atoms with Crippen LogP contribution >= 0.6 is 11.8 Å². The Kier molecular flexibility index (Phi) is 7.10. The zero-order chi connectivity index (χ0) is 18.9. The lowest BCUT2D eigenvalue weighted by Crippen LogP contribution is -2.29. The second-order valence-electron chi connectivity index (χ2n) is 5.70. The number of benzene rings is 2. The highest BCUT2D eigenvalue weighted by molar-refractivity contribution is 8.00. The summed E-state index contributed by atoms with van der Waals surface area (Å²) in [5.74, 6) is 3.35. The van der Waals surface area contributed by atoms with Crippen LogP contribution in [0, 0.1) is 0 Å². The lowest BCUT2D eigenvalue weighted by atomic mass is 10.3. The van der Waals surface area contributed by atoms with Gasteiger partial charge in [0.2, 0.25) is 5.91 Å². The average molecular weight is 389 g/mol. The van der Waals surface area contributed by atoms with Crippen molar-refractivity contribution in [3.8, 4) is 23.0 Å². The molecule has 0 saturated heterocycles. The molecule has 1 heterocycles. The van der Waals surface area contributed by atoms with Gasteiger partial charge in [-0.3, -0.25) is 4.79 Å². The van der Waals surface area contributed by atoms with Gasteiger partial charge in [0.1, 0.15) is 31.3 Å². The van der Waals surface area contributed by atoms with Crippen LogP contribution in [0.3, 0.4) is 0 Å². The first kappa shape index (κ1) is 19.2. The van der Waals surface area contributed by atoms with Gasteiger partial charge in [0.15, 0.2) is 11.5 Å². The monoisotopic (exact) mass is 389 g/mol. The minimum absolute atomic E-state index is 0.0369. The molecule has 1 aliphatic heterocycles. The Hall–Kier alpha value is -2.54. The molecule has 2 aromatic rings. The van der Waals surface area contributed by atoms with E-state index in [0.29, 0.717) is 38.7 Å². The Balaban J connectivity index is 1.34. The van der Waals surface area contributed by atoms with Crippen molar-refractivity contribution < 1.29 is 23.7 Å². The van der Waals surface area contributed by atoms with E-state index in [1.54, 1.807) is 0 Å². The van der Waals surface area contributed by atoms with Gasteiger partial charge >= 0.3 is 0 Å². The molecule has 27 heavy (non-hydrogen) atoms. The largest absolute Gasteiger partial charge is 0.494 e. The summed E-state index contributed by atoms with van der Waals surface area (Å²) in [7, 11) is 0. The van der Waals surface area contributed by atoms with Crippen LogP contribution in [0.1, 0.15) is 6.92 Å². The summed E-state index contributed by atoms with van der Waals surface area (Å²) < 4.78 is 22.0. The third-order valence-electron chi connectivity index (χ3n) is 3.71. The maximum Gasteiger partial charge on any atom is 0.230 e. The Bertz CT molecular complexity index is 751. The summed E-state index contributed by atoms with van der Waals surface area (Å²) in [6.07, 6.45) is 0. The molecule has 0 bridgehead atoms. The molecule has 0 atom stereocenters. The molecule has 1 N–H and O–H groups in total. The first-order chi connectivity index (χ1) is 13.2. The zero-order valence-electron chi connectivity index (χ0n) is 15.2. The van der Waals surface area contributed by atoms with Crippen LogP contribution < -0.4 is 24.3 Å². The topological polar surface area (TPSA) is 66.0 Å². The highest BCUT2D eigenvalue weighted by atomic mass is 32.2. The maximum atomic E-state index is 12.0.